The van der Waals surface area contributed by atoms with Crippen molar-refractivity contribution in [2.75, 3.05) is 31.8 Å². The monoisotopic (exact) mass is 288 g/mol. The molecule has 1 heterocycles. The van der Waals surface area contributed by atoms with Crippen molar-refractivity contribution in [1.29, 1.82) is 0 Å². The number of aromatic nitrogens is 2. The first-order valence-electron chi connectivity index (χ1n) is 6.42. The van der Waals surface area contributed by atoms with Crippen LogP contribution >= 0.6 is 0 Å². The fraction of sp³-hybridized carbons (Fsp3) is 0.214. The summed E-state index contributed by atoms with van der Waals surface area (Å²) in [7, 11) is 5.57. The van der Waals surface area contributed by atoms with E-state index in [0.29, 0.717) is 17.3 Å². The maximum Gasteiger partial charge on any atom is 0.325 e. The number of nitrogens with one attached hydrogen (secondary N) is 3. The van der Waals surface area contributed by atoms with Crippen LogP contribution in [-0.4, -0.2) is 37.2 Å². The summed E-state index contributed by atoms with van der Waals surface area (Å²) in [5.41, 5.74) is 1.63. The highest BCUT2D eigenvalue weighted by atomic mass is 16.5. The molecule has 0 atom stereocenters. The van der Waals surface area contributed by atoms with Crippen LogP contribution in [-0.2, 0) is 0 Å². The molecule has 1 aromatic carbocycles. The molecule has 0 radical (unpaired) electrons. The number of hydrogen-bond donors (Lipinski definition) is 3. The second-order valence-corrected chi connectivity index (χ2v) is 4.58. The van der Waals surface area contributed by atoms with Crippen LogP contribution in [0.2, 0.25) is 0 Å². The molecule has 1 aromatic heterocycles. The first-order chi connectivity index (χ1) is 10.1. The van der Waals surface area contributed by atoms with Gasteiger partial charge >= 0.3 is 6.03 Å². The lowest BCUT2D eigenvalue weighted by Crippen LogP contribution is -3.00. The van der Waals surface area contributed by atoms with Gasteiger partial charge in [-0.25, -0.2) is 9.78 Å². The van der Waals surface area contributed by atoms with E-state index >= 15 is 0 Å². The maximum atomic E-state index is 12.0. The molecule has 0 saturated heterocycles. The second-order valence-electron chi connectivity index (χ2n) is 4.58. The summed E-state index contributed by atoms with van der Waals surface area (Å²) in [6.45, 7) is 0. The number of hydrogen-bond acceptors (Lipinski definition) is 4. The number of carbonyl (C=O) groups is 1. The van der Waals surface area contributed by atoms with Crippen molar-refractivity contribution >= 4 is 23.2 Å². The second kappa shape index (κ2) is 6.67. The van der Waals surface area contributed by atoms with Gasteiger partial charge in [0.1, 0.15) is 11.4 Å². The standard InChI is InChI=1S/C14H17N5O2/c1-19(2)10-4-5-12(21-3)11(8-10)17-14(20)18-13-9-15-6-7-16-13/h4-9H,1-3H3,(H2,16,17,18,20)/p+1. The molecule has 0 aliphatic carbocycles. The summed E-state index contributed by atoms with van der Waals surface area (Å²) in [5, 5.41) is 5.35. The van der Waals surface area contributed by atoms with Gasteiger partial charge in [0.2, 0.25) is 0 Å². The molecule has 110 valence electrons. The SMILES string of the molecule is COc1ccc([NH+](C)C)cc1NC(=O)Nc1cnccn1. The Hall–Kier alpha value is -2.67. The van der Waals surface area contributed by atoms with E-state index in [4.69, 9.17) is 4.74 Å². The van der Waals surface area contributed by atoms with E-state index in [1.165, 1.54) is 18.6 Å². The van der Waals surface area contributed by atoms with Gasteiger partial charge in [0.05, 0.1) is 33.1 Å². The van der Waals surface area contributed by atoms with Crippen LogP contribution in [0.3, 0.4) is 0 Å². The molecule has 0 unspecified atom stereocenters. The van der Waals surface area contributed by atoms with Crippen LogP contribution in [0.5, 0.6) is 5.75 Å². The third-order valence-corrected chi connectivity index (χ3v) is 2.83. The van der Waals surface area contributed by atoms with Gasteiger partial charge in [-0.1, -0.05) is 0 Å². The average molecular weight is 288 g/mol. The number of rotatable bonds is 4. The highest BCUT2D eigenvalue weighted by Crippen LogP contribution is 2.26. The Kier molecular flexibility index (Phi) is 4.68. The number of methoxy groups -OCH3 is 1. The van der Waals surface area contributed by atoms with E-state index in [-0.39, 0.29) is 0 Å². The topological polar surface area (TPSA) is 80.6 Å². The van der Waals surface area contributed by atoms with Gasteiger partial charge in [0, 0.05) is 24.5 Å². The van der Waals surface area contributed by atoms with Crippen LogP contribution in [0.15, 0.2) is 36.8 Å². The zero-order chi connectivity index (χ0) is 15.2. The van der Waals surface area contributed by atoms with Gasteiger partial charge < -0.3 is 15.0 Å². The van der Waals surface area contributed by atoms with E-state index < -0.39 is 6.03 Å². The minimum absolute atomic E-state index is 0.378. The minimum atomic E-state index is -0.403. The Bertz CT molecular complexity index is 616. The molecule has 21 heavy (non-hydrogen) atoms. The third-order valence-electron chi connectivity index (χ3n) is 2.83. The fourth-order valence-electron chi connectivity index (χ4n) is 1.75. The van der Waals surface area contributed by atoms with Gasteiger partial charge in [-0.05, 0) is 6.07 Å². The molecule has 0 aliphatic rings. The Balaban J connectivity index is 2.14. The zero-order valence-electron chi connectivity index (χ0n) is 12.2. The Morgan fingerprint density at radius 1 is 1.24 bits per heavy atom. The first-order valence-corrected chi connectivity index (χ1v) is 6.42. The van der Waals surface area contributed by atoms with Gasteiger partial charge in [-0.2, -0.15) is 0 Å². The van der Waals surface area contributed by atoms with Crippen molar-refractivity contribution in [2.45, 2.75) is 0 Å². The third kappa shape index (κ3) is 3.90. The summed E-state index contributed by atoms with van der Waals surface area (Å²) in [5.74, 6) is 0.970. The smallest absolute Gasteiger partial charge is 0.325 e. The van der Waals surface area contributed by atoms with Crippen LogP contribution in [0.1, 0.15) is 0 Å². The van der Waals surface area contributed by atoms with Gasteiger partial charge in [0.15, 0.2) is 5.82 Å². The fourth-order valence-corrected chi connectivity index (χ4v) is 1.75. The molecule has 3 N–H and O–H groups in total. The van der Waals surface area contributed by atoms with E-state index in [1.54, 1.807) is 7.11 Å². The highest BCUT2D eigenvalue weighted by Gasteiger charge is 2.11. The molecule has 2 amide bonds. The Morgan fingerprint density at radius 3 is 2.67 bits per heavy atom. The number of urea groups is 1. The average Bonchev–Trinajstić information content (AvgIpc) is 2.48. The van der Waals surface area contributed by atoms with E-state index in [9.17, 15) is 4.79 Å². The van der Waals surface area contributed by atoms with Gasteiger partial charge in [-0.15, -0.1) is 0 Å². The summed E-state index contributed by atoms with van der Waals surface area (Å²) >= 11 is 0. The number of nitrogens with zero attached hydrogens (tertiary/aromatic N) is 2. The van der Waals surface area contributed by atoms with Crippen LogP contribution in [0.4, 0.5) is 22.0 Å². The lowest BCUT2D eigenvalue weighted by atomic mass is 10.2. The Morgan fingerprint density at radius 2 is 2.05 bits per heavy atom. The number of carbonyl (C=O) groups excluding carboxylic acids is 1. The molecule has 0 bridgehead atoms. The normalized spacial score (nSPS) is 10.3. The molecule has 7 heteroatoms. The van der Waals surface area contributed by atoms with Gasteiger partial charge in [-0.3, -0.25) is 10.3 Å². The van der Waals surface area contributed by atoms with Crippen molar-refractivity contribution in [1.82, 2.24) is 9.97 Å². The summed E-state index contributed by atoms with van der Waals surface area (Å²) < 4.78 is 5.25. The number of benzene rings is 1. The Labute approximate surface area is 123 Å². The van der Waals surface area contributed by atoms with Crippen molar-refractivity contribution in [3.05, 3.63) is 36.8 Å². The summed E-state index contributed by atoms with van der Waals surface area (Å²) in [4.78, 5) is 21.0. The molecule has 0 aliphatic heterocycles. The summed E-state index contributed by atoms with van der Waals surface area (Å²) in [6, 6.07) is 5.23. The predicted molar refractivity (Wildman–Crippen MR) is 80.1 cm³/mol. The number of anilines is 2. The molecule has 7 nitrogen and oxygen atoms in total. The van der Waals surface area contributed by atoms with E-state index in [2.05, 4.69) is 20.6 Å². The molecular formula is C14H18N5O2+. The lowest BCUT2D eigenvalue weighted by molar-refractivity contribution is -0.786. The van der Waals surface area contributed by atoms with E-state index in [0.717, 1.165) is 10.6 Å². The largest absolute Gasteiger partial charge is 0.495 e. The van der Waals surface area contributed by atoms with Crippen LogP contribution < -0.4 is 20.3 Å². The maximum absolute atomic E-state index is 12.0. The molecule has 0 saturated carbocycles. The van der Waals surface area contributed by atoms with Crippen molar-refractivity contribution in [3.8, 4) is 5.75 Å². The lowest BCUT2D eigenvalue weighted by Gasteiger charge is -2.13. The molecule has 2 aromatic rings. The quantitative estimate of drug-likeness (QED) is 0.781. The van der Waals surface area contributed by atoms with Crippen molar-refractivity contribution in [2.24, 2.45) is 0 Å². The molecule has 0 spiro atoms. The number of amides is 2. The van der Waals surface area contributed by atoms with Crippen LogP contribution in [0, 0.1) is 0 Å². The zero-order valence-corrected chi connectivity index (χ0v) is 12.2. The highest BCUT2D eigenvalue weighted by molar-refractivity contribution is 6.00. The van der Waals surface area contributed by atoms with Gasteiger partial charge in [0.25, 0.3) is 0 Å². The van der Waals surface area contributed by atoms with Crippen molar-refractivity contribution < 1.29 is 14.4 Å². The minimum Gasteiger partial charge on any atom is -0.495 e. The number of quaternary nitrogens is 1. The first kappa shape index (κ1) is 14.7. The van der Waals surface area contributed by atoms with Crippen molar-refractivity contribution in [3.63, 3.8) is 0 Å². The summed E-state index contributed by atoms with van der Waals surface area (Å²) in [6.07, 6.45) is 4.51. The molecular weight excluding hydrogens is 270 g/mol. The van der Waals surface area contributed by atoms with Crippen LogP contribution in [0.25, 0.3) is 0 Å². The predicted octanol–water partition coefficient (Wildman–Crippen LogP) is 0.905. The van der Waals surface area contributed by atoms with E-state index in [1.807, 2.05) is 32.3 Å². The number of ether oxygens (including phenoxy) is 1. The molecule has 0 fully saturated rings. The molecule has 2 rings (SSSR count).